The summed E-state index contributed by atoms with van der Waals surface area (Å²) in [5.74, 6) is -0.364. The number of hydrogen-bond donors (Lipinski definition) is 1. The van der Waals surface area contributed by atoms with Crippen molar-refractivity contribution in [2.75, 3.05) is 18.4 Å². The van der Waals surface area contributed by atoms with E-state index in [0.29, 0.717) is 39.5 Å². The molecule has 2 aromatic carbocycles. The number of rotatable bonds is 6. The Balaban J connectivity index is 1.36. The molecule has 1 aromatic heterocycles. The molecule has 0 unspecified atom stereocenters. The van der Waals surface area contributed by atoms with Crippen LogP contribution in [-0.2, 0) is 21.4 Å². The SMILES string of the molecule is O=C(Nc1nn(Cc2ccc(Cl)cc2Cl)cc1Cl)C1CCN(S(=O)(=O)c2ccc(Cl)cc2)CC1. The van der Waals surface area contributed by atoms with E-state index in [1.54, 1.807) is 41.2 Å². The van der Waals surface area contributed by atoms with Gasteiger partial charge in [0.25, 0.3) is 0 Å². The van der Waals surface area contributed by atoms with Gasteiger partial charge in [0.05, 0.1) is 11.4 Å². The third-order valence-corrected chi connectivity index (χ3v) is 8.61. The summed E-state index contributed by atoms with van der Waals surface area (Å²) in [4.78, 5) is 13.0. The van der Waals surface area contributed by atoms with E-state index in [1.807, 2.05) is 0 Å². The summed E-state index contributed by atoms with van der Waals surface area (Å²) < 4.78 is 28.6. The number of benzene rings is 2. The van der Waals surface area contributed by atoms with Crippen molar-refractivity contribution in [1.29, 1.82) is 0 Å². The molecule has 0 atom stereocenters. The van der Waals surface area contributed by atoms with Crippen molar-refractivity contribution in [2.45, 2.75) is 24.3 Å². The molecule has 3 aromatic rings. The quantitative estimate of drug-likeness (QED) is 0.425. The van der Waals surface area contributed by atoms with Crippen LogP contribution in [0.1, 0.15) is 18.4 Å². The predicted octanol–water partition coefficient (Wildman–Crippen LogP) is 5.58. The minimum absolute atomic E-state index is 0.179. The Morgan fingerprint density at radius 1 is 0.971 bits per heavy atom. The minimum atomic E-state index is -3.64. The molecular weight excluding hydrogens is 542 g/mol. The molecule has 1 amide bonds. The molecule has 0 radical (unpaired) electrons. The highest BCUT2D eigenvalue weighted by molar-refractivity contribution is 7.89. The highest BCUT2D eigenvalue weighted by Crippen LogP contribution is 2.28. The largest absolute Gasteiger partial charge is 0.308 e. The second-order valence-electron chi connectivity index (χ2n) is 7.88. The van der Waals surface area contributed by atoms with Crippen LogP contribution in [0.2, 0.25) is 20.1 Å². The maximum atomic E-state index is 12.8. The van der Waals surface area contributed by atoms with Crippen molar-refractivity contribution in [1.82, 2.24) is 14.1 Å². The summed E-state index contributed by atoms with van der Waals surface area (Å²) in [6.07, 6.45) is 2.37. The van der Waals surface area contributed by atoms with E-state index in [1.165, 1.54) is 16.4 Å². The Hall–Kier alpha value is -1.81. The third-order valence-electron chi connectivity index (χ3n) is 5.58. The van der Waals surface area contributed by atoms with Crippen LogP contribution in [0.4, 0.5) is 5.82 Å². The first kappa shape index (κ1) is 25.3. The van der Waals surface area contributed by atoms with Gasteiger partial charge in [-0.3, -0.25) is 9.48 Å². The molecule has 0 aliphatic carbocycles. The number of carbonyl (C=O) groups excluding carboxylic acids is 1. The number of hydrogen-bond acceptors (Lipinski definition) is 4. The first-order chi connectivity index (χ1) is 16.1. The zero-order chi connectivity index (χ0) is 24.5. The van der Waals surface area contributed by atoms with Crippen LogP contribution in [0.3, 0.4) is 0 Å². The molecule has 4 rings (SSSR count). The molecular formula is C22H20Cl4N4O3S. The van der Waals surface area contributed by atoms with Gasteiger partial charge in [-0.25, -0.2) is 8.42 Å². The zero-order valence-corrected chi connectivity index (χ0v) is 21.6. The Bertz CT molecular complexity index is 1300. The maximum absolute atomic E-state index is 12.8. The number of halogens is 4. The zero-order valence-electron chi connectivity index (χ0n) is 17.7. The molecule has 1 aliphatic heterocycles. The summed E-state index contributed by atoms with van der Waals surface area (Å²) in [7, 11) is -3.64. The average Bonchev–Trinajstić information content (AvgIpc) is 3.14. The monoisotopic (exact) mass is 560 g/mol. The molecule has 0 bridgehead atoms. The fourth-order valence-electron chi connectivity index (χ4n) is 3.72. The molecule has 2 heterocycles. The minimum Gasteiger partial charge on any atom is -0.308 e. The van der Waals surface area contributed by atoms with Crippen LogP contribution in [0.15, 0.2) is 53.6 Å². The van der Waals surface area contributed by atoms with Crippen molar-refractivity contribution in [2.24, 2.45) is 5.92 Å². The second kappa shape index (κ2) is 10.4. The number of carbonyl (C=O) groups is 1. The lowest BCUT2D eigenvalue weighted by Gasteiger charge is -2.30. The van der Waals surface area contributed by atoms with Gasteiger partial charge in [0.2, 0.25) is 15.9 Å². The van der Waals surface area contributed by atoms with Crippen molar-refractivity contribution in [3.8, 4) is 0 Å². The molecule has 12 heteroatoms. The van der Waals surface area contributed by atoms with Crippen LogP contribution in [0.5, 0.6) is 0 Å². The Morgan fingerprint density at radius 3 is 2.26 bits per heavy atom. The summed E-state index contributed by atoms with van der Waals surface area (Å²) >= 11 is 24.3. The van der Waals surface area contributed by atoms with E-state index in [2.05, 4.69) is 10.4 Å². The summed E-state index contributed by atoms with van der Waals surface area (Å²) in [6, 6.07) is 11.2. The molecule has 0 saturated carbocycles. The van der Waals surface area contributed by atoms with Gasteiger partial charge in [-0.05, 0) is 54.8 Å². The lowest BCUT2D eigenvalue weighted by molar-refractivity contribution is -0.120. The first-order valence-corrected chi connectivity index (χ1v) is 13.3. The molecule has 1 aliphatic rings. The lowest BCUT2D eigenvalue weighted by atomic mass is 9.97. The van der Waals surface area contributed by atoms with Gasteiger partial charge >= 0.3 is 0 Å². The number of nitrogens with zero attached hydrogens (tertiary/aromatic N) is 3. The van der Waals surface area contributed by atoms with Crippen molar-refractivity contribution >= 4 is 68.2 Å². The Morgan fingerprint density at radius 2 is 1.62 bits per heavy atom. The van der Waals surface area contributed by atoms with E-state index in [9.17, 15) is 13.2 Å². The standard InChI is InChI=1S/C22H20Cl4N4O3S/c23-16-3-5-18(6-4-16)34(32,33)30-9-7-14(8-10-30)22(31)27-21-20(26)13-29(28-21)12-15-1-2-17(24)11-19(15)25/h1-6,11,13-14H,7-10,12H2,(H,27,28,31). The fraction of sp³-hybridized carbons (Fsp3) is 0.273. The van der Waals surface area contributed by atoms with Gasteiger partial charge in [0, 0.05) is 40.3 Å². The van der Waals surface area contributed by atoms with Gasteiger partial charge in [0.1, 0.15) is 5.02 Å². The predicted molar refractivity (Wildman–Crippen MR) is 134 cm³/mol. The van der Waals surface area contributed by atoms with Crippen molar-refractivity contribution in [3.05, 3.63) is 74.3 Å². The highest BCUT2D eigenvalue weighted by Gasteiger charge is 2.32. The lowest BCUT2D eigenvalue weighted by Crippen LogP contribution is -2.41. The van der Waals surface area contributed by atoms with Crippen molar-refractivity contribution < 1.29 is 13.2 Å². The van der Waals surface area contributed by atoms with E-state index in [0.717, 1.165) is 5.56 Å². The third kappa shape index (κ3) is 5.70. The smallest absolute Gasteiger partial charge is 0.243 e. The Kier molecular flexibility index (Phi) is 7.76. The van der Waals surface area contributed by atoms with Crippen LogP contribution < -0.4 is 5.32 Å². The van der Waals surface area contributed by atoms with Gasteiger partial charge in [-0.15, -0.1) is 0 Å². The van der Waals surface area contributed by atoms with E-state index in [4.69, 9.17) is 46.4 Å². The van der Waals surface area contributed by atoms with Crippen LogP contribution in [0.25, 0.3) is 0 Å². The number of aromatic nitrogens is 2. The van der Waals surface area contributed by atoms with Crippen LogP contribution in [-0.4, -0.2) is 41.5 Å². The number of amides is 1. The van der Waals surface area contributed by atoms with Gasteiger partial charge in [-0.1, -0.05) is 52.5 Å². The van der Waals surface area contributed by atoms with Gasteiger partial charge < -0.3 is 5.32 Å². The van der Waals surface area contributed by atoms with E-state index in [-0.39, 0.29) is 35.6 Å². The average molecular weight is 562 g/mol. The van der Waals surface area contributed by atoms with Gasteiger partial charge in [0.15, 0.2) is 5.82 Å². The summed E-state index contributed by atoms with van der Waals surface area (Å²) in [5, 5.41) is 8.91. The highest BCUT2D eigenvalue weighted by atomic mass is 35.5. The summed E-state index contributed by atoms with van der Waals surface area (Å²) in [6.45, 7) is 0.826. The van der Waals surface area contributed by atoms with Crippen LogP contribution in [0, 0.1) is 5.92 Å². The molecule has 0 spiro atoms. The van der Waals surface area contributed by atoms with Crippen LogP contribution >= 0.6 is 46.4 Å². The summed E-state index contributed by atoms with van der Waals surface area (Å²) in [5.41, 5.74) is 0.803. The number of nitrogens with one attached hydrogen (secondary N) is 1. The van der Waals surface area contributed by atoms with E-state index >= 15 is 0 Å². The number of sulfonamides is 1. The normalized spacial score (nSPS) is 15.4. The molecule has 1 saturated heterocycles. The topological polar surface area (TPSA) is 84.3 Å². The molecule has 1 fully saturated rings. The van der Waals surface area contributed by atoms with E-state index < -0.39 is 10.0 Å². The molecule has 180 valence electrons. The fourth-order valence-corrected chi connectivity index (χ4v) is 5.98. The molecule has 34 heavy (non-hydrogen) atoms. The van der Waals surface area contributed by atoms with Gasteiger partial charge in [-0.2, -0.15) is 9.40 Å². The van der Waals surface area contributed by atoms with Crippen molar-refractivity contribution in [3.63, 3.8) is 0 Å². The second-order valence-corrected chi connectivity index (χ2v) is 11.5. The maximum Gasteiger partial charge on any atom is 0.243 e. The molecule has 1 N–H and O–H groups in total. The molecule has 7 nitrogen and oxygen atoms in total. The first-order valence-electron chi connectivity index (χ1n) is 10.4. The Labute approximate surface area is 217 Å². The number of piperidine rings is 1. The number of anilines is 1.